The highest BCUT2D eigenvalue weighted by molar-refractivity contribution is 7.89. The molecule has 30 heavy (non-hydrogen) atoms. The van der Waals surface area contributed by atoms with Crippen molar-refractivity contribution in [3.8, 4) is 0 Å². The normalized spacial score (nSPS) is 16.1. The van der Waals surface area contributed by atoms with E-state index in [1.165, 1.54) is 0 Å². The molecule has 168 valence electrons. The molecule has 2 rings (SSSR count). The first-order valence-corrected chi connectivity index (χ1v) is 10.7. The monoisotopic (exact) mass is 449 g/mol. The largest absolute Gasteiger partial charge is 0.416 e. The number of benzene rings is 1. The molecule has 0 fully saturated rings. The smallest absolute Gasteiger partial charge is 0.353 e. The summed E-state index contributed by atoms with van der Waals surface area (Å²) in [6.07, 6.45) is -2.80. The Morgan fingerprint density at radius 1 is 1.23 bits per heavy atom. The van der Waals surface area contributed by atoms with Gasteiger partial charge in [0.15, 0.2) is 6.61 Å². The van der Waals surface area contributed by atoms with E-state index in [0.29, 0.717) is 18.3 Å². The van der Waals surface area contributed by atoms with E-state index >= 15 is 0 Å². The molecule has 11 heteroatoms. The van der Waals surface area contributed by atoms with Crippen molar-refractivity contribution in [2.24, 2.45) is 5.41 Å². The minimum absolute atomic E-state index is 0.0273. The number of rotatable bonds is 7. The summed E-state index contributed by atoms with van der Waals surface area (Å²) in [7, 11) is -4.07. The van der Waals surface area contributed by atoms with E-state index in [4.69, 9.17) is 4.84 Å². The van der Waals surface area contributed by atoms with Gasteiger partial charge in [0.1, 0.15) is 0 Å². The maximum Gasteiger partial charge on any atom is 0.416 e. The molecule has 0 atom stereocenters. The molecule has 1 heterocycles. The Kier molecular flexibility index (Phi) is 7.54. The average molecular weight is 449 g/mol. The molecule has 0 bridgehead atoms. The van der Waals surface area contributed by atoms with E-state index in [1.807, 2.05) is 20.8 Å². The maximum atomic E-state index is 12.9. The highest BCUT2D eigenvalue weighted by atomic mass is 32.2. The Labute approximate surface area is 174 Å². The zero-order valence-electron chi connectivity index (χ0n) is 17.0. The molecule has 0 radical (unpaired) electrons. The third-order valence-corrected chi connectivity index (χ3v) is 6.05. The lowest BCUT2D eigenvalue weighted by Crippen LogP contribution is -2.38. The molecule has 1 aliphatic rings. The molecule has 2 N–H and O–H groups in total. The lowest BCUT2D eigenvalue weighted by atomic mass is 9.97. The molecule has 1 aromatic rings. The van der Waals surface area contributed by atoms with Crippen LogP contribution in [0.25, 0.3) is 0 Å². The molecule has 0 saturated heterocycles. The van der Waals surface area contributed by atoms with Gasteiger partial charge in [0.05, 0.1) is 10.5 Å². The Morgan fingerprint density at radius 3 is 2.50 bits per heavy atom. The molecule has 0 unspecified atom stereocenters. The summed E-state index contributed by atoms with van der Waals surface area (Å²) in [6, 6.07) is 3.67. The van der Waals surface area contributed by atoms with Crippen molar-refractivity contribution >= 4 is 15.9 Å². The van der Waals surface area contributed by atoms with Crippen LogP contribution < -0.4 is 10.8 Å². The quantitative estimate of drug-likeness (QED) is 0.625. The second-order valence-electron chi connectivity index (χ2n) is 8.10. The maximum absolute atomic E-state index is 12.9. The van der Waals surface area contributed by atoms with Crippen molar-refractivity contribution in [2.45, 2.75) is 38.3 Å². The molecular weight excluding hydrogens is 423 g/mol. The van der Waals surface area contributed by atoms with E-state index in [9.17, 15) is 26.4 Å². The zero-order chi connectivity index (χ0) is 22.6. The van der Waals surface area contributed by atoms with Gasteiger partial charge in [-0.15, -0.1) is 0 Å². The number of nitrogens with one attached hydrogen (secondary N) is 2. The average Bonchev–Trinajstić information content (AvgIpc) is 2.66. The van der Waals surface area contributed by atoms with Crippen LogP contribution in [0.1, 0.15) is 32.8 Å². The number of halogens is 3. The Bertz CT molecular complexity index is 893. The van der Waals surface area contributed by atoms with Crippen LogP contribution in [-0.2, 0) is 25.8 Å². The minimum Gasteiger partial charge on any atom is -0.353 e. The fourth-order valence-electron chi connectivity index (χ4n) is 2.55. The third kappa shape index (κ3) is 6.99. The number of sulfonamides is 1. The molecule has 1 aliphatic heterocycles. The predicted octanol–water partition coefficient (Wildman–Crippen LogP) is 2.67. The Morgan fingerprint density at radius 2 is 1.93 bits per heavy atom. The second-order valence-corrected chi connectivity index (χ2v) is 10.0. The van der Waals surface area contributed by atoms with Crippen LogP contribution in [0.2, 0.25) is 0 Å². The zero-order valence-corrected chi connectivity index (χ0v) is 17.9. The van der Waals surface area contributed by atoms with Crippen molar-refractivity contribution in [1.29, 1.82) is 0 Å². The number of hydroxylamine groups is 1. The van der Waals surface area contributed by atoms with Crippen molar-refractivity contribution in [1.82, 2.24) is 15.1 Å². The van der Waals surface area contributed by atoms with Gasteiger partial charge in [-0.2, -0.15) is 17.5 Å². The molecule has 0 aliphatic carbocycles. The number of carbonyl (C=O) groups excluding carboxylic acids is 1. The number of alkyl halides is 3. The van der Waals surface area contributed by atoms with Crippen molar-refractivity contribution in [3.63, 3.8) is 0 Å². The van der Waals surface area contributed by atoms with E-state index in [0.717, 1.165) is 22.5 Å². The van der Waals surface area contributed by atoms with Crippen molar-refractivity contribution in [3.05, 3.63) is 41.6 Å². The van der Waals surface area contributed by atoms with Crippen LogP contribution in [0, 0.1) is 5.41 Å². The predicted molar refractivity (Wildman–Crippen MR) is 104 cm³/mol. The van der Waals surface area contributed by atoms with Crippen LogP contribution in [0.5, 0.6) is 0 Å². The Hall–Kier alpha value is -2.11. The molecular formula is C19H26F3N3O4S. The number of carbonyl (C=O) groups is 1. The first-order chi connectivity index (χ1) is 13.8. The molecule has 1 aromatic carbocycles. The van der Waals surface area contributed by atoms with E-state index in [-0.39, 0.29) is 37.4 Å². The summed E-state index contributed by atoms with van der Waals surface area (Å²) >= 11 is 0. The van der Waals surface area contributed by atoms with Gasteiger partial charge in [0, 0.05) is 31.8 Å². The number of amides is 1. The molecule has 0 aromatic heterocycles. The summed E-state index contributed by atoms with van der Waals surface area (Å²) in [5.74, 6) is -0.289. The topological polar surface area (TPSA) is 87.7 Å². The van der Waals surface area contributed by atoms with E-state index in [2.05, 4.69) is 10.8 Å². The van der Waals surface area contributed by atoms with Crippen LogP contribution >= 0.6 is 0 Å². The summed E-state index contributed by atoms with van der Waals surface area (Å²) in [4.78, 5) is 16.4. The number of hydrogen-bond acceptors (Lipinski definition) is 5. The van der Waals surface area contributed by atoms with Crippen molar-refractivity contribution in [2.75, 3.05) is 26.2 Å². The van der Waals surface area contributed by atoms with Gasteiger partial charge >= 0.3 is 6.18 Å². The molecule has 7 nitrogen and oxygen atoms in total. The van der Waals surface area contributed by atoms with Crippen LogP contribution in [-0.4, -0.2) is 44.9 Å². The third-order valence-electron chi connectivity index (χ3n) is 4.19. The molecule has 0 saturated carbocycles. The van der Waals surface area contributed by atoms with Gasteiger partial charge in [0.2, 0.25) is 15.9 Å². The van der Waals surface area contributed by atoms with Gasteiger partial charge < -0.3 is 5.32 Å². The summed E-state index contributed by atoms with van der Waals surface area (Å²) < 4.78 is 65.0. The van der Waals surface area contributed by atoms with Gasteiger partial charge in [-0.05, 0) is 29.7 Å². The first kappa shape index (κ1) is 24.2. The number of hydrogen-bond donors (Lipinski definition) is 2. The standard InChI is InChI=1S/C19H26F3N3O4S/c1-18(2,3)13-23-17(26)12-29-24-15-7-9-25(10-8-15)30(27,28)16-6-4-5-14(11-16)19(20,21)22/h4-7,11,24H,8-10,12-13H2,1-3H3,(H,23,26). The number of nitrogens with zero attached hydrogens (tertiary/aromatic N) is 1. The lowest BCUT2D eigenvalue weighted by molar-refractivity contribution is -0.137. The Balaban J connectivity index is 1.90. The lowest BCUT2D eigenvalue weighted by Gasteiger charge is -2.26. The molecule has 1 amide bonds. The van der Waals surface area contributed by atoms with Gasteiger partial charge in [-0.25, -0.2) is 8.42 Å². The summed E-state index contributed by atoms with van der Waals surface area (Å²) in [5.41, 5.74) is 2.14. The fraction of sp³-hybridized carbons (Fsp3) is 0.526. The van der Waals surface area contributed by atoms with Crippen LogP contribution in [0.4, 0.5) is 13.2 Å². The summed E-state index contributed by atoms with van der Waals surface area (Å²) in [6.45, 7) is 6.28. The SMILES string of the molecule is CC(C)(C)CNC(=O)CONC1=CCN(S(=O)(=O)c2cccc(C(F)(F)F)c2)CC1. The van der Waals surface area contributed by atoms with Gasteiger partial charge in [-0.1, -0.05) is 26.8 Å². The highest BCUT2D eigenvalue weighted by Crippen LogP contribution is 2.31. The van der Waals surface area contributed by atoms with Crippen LogP contribution in [0.3, 0.4) is 0 Å². The summed E-state index contributed by atoms with van der Waals surface area (Å²) in [5, 5.41) is 2.73. The van der Waals surface area contributed by atoms with Gasteiger partial charge in [0.25, 0.3) is 0 Å². The second kappa shape index (κ2) is 9.36. The highest BCUT2D eigenvalue weighted by Gasteiger charge is 2.33. The first-order valence-electron chi connectivity index (χ1n) is 9.30. The van der Waals surface area contributed by atoms with Gasteiger partial charge in [-0.3, -0.25) is 15.1 Å². The van der Waals surface area contributed by atoms with E-state index in [1.54, 1.807) is 6.08 Å². The van der Waals surface area contributed by atoms with Crippen molar-refractivity contribution < 1.29 is 31.2 Å². The minimum atomic E-state index is -4.62. The molecule has 0 spiro atoms. The fourth-order valence-corrected chi connectivity index (χ4v) is 3.98. The van der Waals surface area contributed by atoms with E-state index < -0.39 is 26.7 Å². The van der Waals surface area contributed by atoms with Crippen LogP contribution in [0.15, 0.2) is 40.9 Å².